The normalized spacial score (nSPS) is 21.4. The van der Waals surface area contributed by atoms with Crippen molar-refractivity contribution in [2.75, 3.05) is 13.7 Å². The van der Waals surface area contributed by atoms with Crippen molar-refractivity contribution in [1.82, 2.24) is 20.4 Å². The van der Waals surface area contributed by atoms with Gasteiger partial charge in [-0.2, -0.15) is 4.98 Å². The van der Waals surface area contributed by atoms with Crippen LogP contribution in [-0.2, 0) is 22.5 Å². The number of para-hydroxylation sites is 1. The molecule has 2 aromatic rings. The van der Waals surface area contributed by atoms with Crippen LogP contribution in [-0.4, -0.2) is 40.8 Å². The molecule has 1 unspecified atom stereocenters. The van der Waals surface area contributed by atoms with E-state index in [-0.39, 0.29) is 19.2 Å². The monoisotopic (exact) mass is 438 g/mol. The van der Waals surface area contributed by atoms with Gasteiger partial charge >= 0.3 is 12.0 Å². The van der Waals surface area contributed by atoms with E-state index in [9.17, 15) is 9.59 Å². The molecule has 1 aromatic heterocycles. The van der Waals surface area contributed by atoms with E-state index in [1.165, 1.54) is 37.0 Å². The number of carbonyl (C=O) groups is 2. The Morgan fingerprint density at radius 3 is 2.81 bits per heavy atom. The summed E-state index contributed by atoms with van der Waals surface area (Å²) in [5, 5.41) is 6.99. The fraction of sp³-hybridized carbons (Fsp3) is 0.478. The topological polar surface area (TPSA) is 107 Å². The Bertz CT molecular complexity index is 1060. The maximum absolute atomic E-state index is 13.0. The summed E-state index contributed by atoms with van der Waals surface area (Å²) < 4.78 is 16.2. The number of methoxy groups -OCH3 is 1. The molecule has 9 heteroatoms. The summed E-state index contributed by atoms with van der Waals surface area (Å²) in [6.45, 7) is 0.133. The molecule has 9 nitrogen and oxygen atoms in total. The Morgan fingerprint density at radius 1 is 1.19 bits per heavy atom. The number of rotatable bonds is 6. The largest absolute Gasteiger partial charge is 0.496 e. The fourth-order valence-electron chi connectivity index (χ4n) is 4.83. The Balaban J connectivity index is 1.38. The molecule has 3 heterocycles. The fourth-order valence-corrected chi connectivity index (χ4v) is 4.83. The Labute approximate surface area is 185 Å². The lowest BCUT2D eigenvalue weighted by Gasteiger charge is -2.32. The van der Waals surface area contributed by atoms with E-state index in [0.29, 0.717) is 40.2 Å². The lowest BCUT2D eigenvalue weighted by atomic mass is 9.87. The summed E-state index contributed by atoms with van der Waals surface area (Å²) in [4.78, 5) is 31.6. The first-order valence-corrected chi connectivity index (χ1v) is 11.1. The third-order valence-corrected chi connectivity index (χ3v) is 6.45. The molecule has 168 valence electrons. The zero-order valence-electron chi connectivity index (χ0n) is 18.0. The number of carbonyl (C=O) groups excluding carboxylic acids is 2. The van der Waals surface area contributed by atoms with E-state index >= 15 is 0 Å². The van der Waals surface area contributed by atoms with Crippen molar-refractivity contribution in [1.29, 1.82) is 0 Å². The molecule has 2 amide bonds. The molecule has 3 aliphatic rings. The number of aromatic nitrogens is 2. The molecule has 1 saturated carbocycles. The first-order valence-electron chi connectivity index (χ1n) is 11.1. The Kier molecular flexibility index (Phi) is 5.55. The third-order valence-electron chi connectivity index (χ3n) is 6.45. The number of amides is 2. The third kappa shape index (κ3) is 3.83. The second-order valence-corrected chi connectivity index (χ2v) is 8.46. The van der Waals surface area contributed by atoms with Crippen LogP contribution in [0.2, 0.25) is 0 Å². The Morgan fingerprint density at radius 2 is 2.00 bits per heavy atom. The maximum atomic E-state index is 13.0. The van der Waals surface area contributed by atoms with Crippen molar-refractivity contribution in [2.24, 2.45) is 5.92 Å². The molecular weight excluding hydrogens is 412 g/mol. The molecule has 0 bridgehead atoms. The number of esters is 1. The second kappa shape index (κ2) is 8.64. The molecule has 2 aliphatic heterocycles. The summed E-state index contributed by atoms with van der Waals surface area (Å²) in [5.41, 5.74) is 1.62. The van der Waals surface area contributed by atoms with Crippen molar-refractivity contribution in [2.45, 2.75) is 51.1 Å². The number of nitrogens with zero attached hydrogens (tertiary/aromatic N) is 3. The first kappa shape index (κ1) is 20.5. The molecule has 1 N–H and O–H groups in total. The highest BCUT2D eigenvalue weighted by atomic mass is 16.5. The van der Waals surface area contributed by atoms with Crippen molar-refractivity contribution < 1.29 is 23.6 Å². The molecule has 0 spiro atoms. The molecular formula is C23H26N4O5. The van der Waals surface area contributed by atoms with Crippen LogP contribution in [0.25, 0.3) is 0 Å². The van der Waals surface area contributed by atoms with Crippen LogP contribution < -0.4 is 10.1 Å². The van der Waals surface area contributed by atoms with E-state index in [1.807, 2.05) is 18.2 Å². The van der Waals surface area contributed by atoms with E-state index in [2.05, 4.69) is 15.5 Å². The Hall–Kier alpha value is -3.36. The number of ether oxygens (including phenoxy) is 2. The maximum Gasteiger partial charge on any atom is 0.338 e. The van der Waals surface area contributed by atoms with E-state index in [0.717, 1.165) is 6.42 Å². The lowest BCUT2D eigenvalue weighted by molar-refractivity contribution is -0.136. The van der Waals surface area contributed by atoms with Gasteiger partial charge in [-0.05, 0) is 24.8 Å². The van der Waals surface area contributed by atoms with Gasteiger partial charge in [-0.15, -0.1) is 0 Å². The van der Waals surface area contributed by atoms with Crippen LogP contribution in [0, 0.1) is 5.92 Å². The second-order valence-electron chi connectivity index (χ2n) is 8.46. The van der Waals surface area contributed by atoms with Gasteiger partial charge in [0.05, 0.1) is 31.0 Å². The van der Waals surface area contributed by atoms with Crippen molar-refractivity contribution in [3.63, 3.8) is 0 Å². The number of nitrogens with one attached hydrogen (secondary N) is 1. The molecule has 1 aromatic carbocycles. The predicted octanol–water partition coefficient (Wildman–Crippen LogP) is 3.28. The summed E-state index contributed by atoms with van der Waals surface area (Å²) in [5.74, 6) is 1.72. The van der Waals surface area contributed by atoms with Crippen LogP contribution in [0.4, 0.5) is 4.79 Å². The van der Waals surface area contributed by atoms with Gasteiger partial charge in [-0.3, -0.25) is 4.90 Å². The minimum Gasteiger partial charge on any atom is -0.496 e. The summed E-state index contributed by atoms with van der Waals surface area (Å²) in [7, 11) is 1.55. The number of hydrogen-bond acceptors (Lipinski definition) is 7. The summed E-state index contributed by atoms with van der Waals surface area (Å²) >= 11 is 0. The quantitative estimate of drug-likeness (QED) is 0.690. The predicted molar refractivity (Wildman–Crippen MR) is 112 cm³/mol. The molecule has 1 aliphatic carbocycles. The van der Waals surface area contributed by atoms with Crippen LogP contribution in [0.1, 0.15) is 55.4 Å². The molecule has 32 heavy (non-hydrogen) atoms. The van der Waals surface area contributed by atoms with Crippen LogP contribution >= 0.6 is 0 Å². The van der Waals surface area contributed by atoms with Gasteiger partial charge in [0.2, 0.25) is 5.89 Å². The summed E-state index contributed by atoms with van der Waals surface area (Å²) in [6.07, 6.45) is 6.93. The highest BCUT2D eigenvalue weighted by Gasteiger charge is 2.43. The van der Waals surface area contributed by atoms with Gasteiger partial charge in [0, 0.05) is 12.0 Å². The van der Waals surface area contributed by atoms with Crippen molar-refractivity contribution in [3.05, 3.63) is 52.8 Å². The van der Waals surface area contributed by atoms with Gasteiger partial charge in [0.25, 0.3) is 0 Å². The minimum atomic E-state index is -0.646. The van der Waals surface area contributed by atoms with E-state index < -0.39 is 12.0 Å². The van der Waals surface area contributed by atoms with Gasteiger partial charge in [-0.25, -0.2) is 9.59 Å². The lowest BCUT2D eigenvalue weighted by Crippen LogP contribution is -2.47. The van der Waals surface area contributed by atoms with E-state index in [1.54, 1.807) is 13.2 Å². The standard InChI is InChI=1S/C23H26N4O5/c1-30-17-10-6-5-9-15(17)21-20-16(13-31-22(20)28)27(23(29)25-21)12-18-24-19(32-26-18)11-14-7-3-2-4-8-14/h5-6,9-10,14,21H,2-4,7-8,11-13H2,1H3,(H,25,29). The highest BCUT2D eigenvalue weighted by Crippen LogP contribution is 2.38. The van der Waals surface area contributed by atoms with Crippen LogP contribution in [0.3, 0.4) is 0 Å². The average Bonchev–Trinajstić information content (AvgIpc) is 3.42. The van der Waals surface area contributed by atoms with Crippen molar-refractivity contribution >= 4 is 12.0 Å². The van der Waals surface area contributed by atoms with Crippen LogP contribution in [0.5, 0.6) is 5.75 Å². The highest BCUT2D eigenvalue weighted by molar-refractivity contribution is 5.97. The number of benzene rings is 1. The van der Waals surface area contributed by atoms with Gasteiger partial charge < -0.3 is 19.3 Å². The smallest absolute Gasteiger partial charge is 0.338 e. The minimum absolute atomic E-state index is 0.0278. The number of hydrogen-bond donors (Lipinski definition) is 1. The van der Waals surface area contributed by atoms with Gasteiger partial charge in [0.15, 0.2) is 5.82 Å². The van der Waals surface area contributed by atoms with E-state index in [4.69, 9.17) is 14.0 Å². The zero-order chi connectivity index (χ0) is 22.1. The summed E-state index contributed by atoms with van der Waals surface area (Å²) in [6, 6.07) is 6.30. The zero-order valence-corrected chi connectivity index (χ0v) is 18.0. The molecule has 0 radical (unpaired) electrons. The average molecular weight is 438 g/mol. The SMILES string of the molecule is COc1ccccc1C1NC(=O)N(Cc2noc(CC3CCCCC3)n2)C2=C1C(=O)OC2. The van der Waals surface area contributed by atoms with Crippen molar-refractivity contribution in [3.8, 4) is 5.75 Å². The van der Waals surface area contributed by atoms with Gasteiger partial charge in [0.1, 0.15) is 12.4 Å². The molecule has 0 saturated heterocycles. The molecule has 5 rings (SSSR count). The number of urea groups is 1. The molecule has 1 atom stereocenters. The molecule has 1 fully saturated rings. The first-order chi connectivity index (χ1) is 15.6. The number of cyclic esters (lactones) is 1. The van der Waals surface area contributed by atoms with Crippen LogP contribution in [0.15, 0.2) is 40.1 Å². The van der Waals surface area contributed by atoms with Gasteiger partial charge in [-0.1, -0.05) is 42.6 Å².